The summed E-state index contributed by atoms with van der Waals surface area (Å²) in [5, 5.41) is 14.8. The second kappa shape index (κ2) is 4.38. The highest BCUT2D eigenvalue weighted by Gasteiger charge is 2.26. The molecule has 6 nitrogen and oxygen atoms in total. The van der Waals surface area contributed by atoms with Gasteiger partial charge in [0.15, 0.2) is 0 Å². The highest BCUT2D eigenvalue weighted by Crippen LogP contribution is 2.26. The van der Waals surface area contributed by atoms with Gasteiger partial charge in [0.2, 0.25) is 5.88 Å². The van der Waals surface area contributed by atoms with Gasteiger partial charge in [-0.3, -0.25) is 4.79 Å². The fourth-order valence-electron chi connectivity index (χ4n) is 1.70. The van der Waals surface area contributed by atoms with E-state index in [1.807, 2.05) is 20.8 Å². The van der Waals surface area contributed by atoms with Crippen molar-refractivity contribution in [2.45, 2.75) is 20.8 Å². The van der Waals surface area contributed by atoms with Crippen molar-refractivity contribution < 1.29 is 11.3 Å². The van der Waals surface area contributed by atoms with Crippen molar-refractivity contribution in [1.29, 1.82) is 0 Å². The van der Waals surface area contributed by atoms with Crippen molar-refractivity contribution in [1.82, 2.24) is 10.6 Å². The number of hydrogen-bond donors (Lipinski definition) is 3. The molecule has 6 heteroatoms. The number of nitrogens with zero attached hydrogens (tertiary/aromatic N) is 2. The summed E-state index contributed by atoms with van der Waals surface area (Å²) in [7, 11) is 0. The molecule has 2 aliphatic rings. The monoisotopic (exact) mass is 261 g/mol. The van der Waals surface area contributed by atoms with E-state index in [4.69, 9.17) is 1.37 Å². The maximum Gasteiger partial charge on any atom is 0.271 e. The van der Waals surface area contributed by atoms with Gasteiger partial charge < -0.3 is 15.7 Å². The Hall–Kier alpha value is -2.37. The van der Waals surface area contributed by atoms with Gasteiger partial charge in [0.05, 0.1) is 18.5 Å². The van der Waals surface area contributed by atoms with E-state index in [0.29, 0.717) is 5.70 Å². The van der Waals surface area contributed by atoms with Crippen molar-refractivity contribution in [2.24, 2.45) is 15.4 Å². The average Bonchev–Trinajstić information content (AvgIpc) is 2.81. The Labute approximate surface area is 112 Å². The van der Waals surface area contributed by atoms with E-state index < -0.39 is 5.91 Å². The average molecular weight is 261 g/mol. The molecule has 3 N–H and O–H groups in total. The smallest absolute Gasteiger partial charge is 0.271 e. The van der Waals surface area contributed by atoms with Crippen LogP contribution >= 0.6 is 0 Å². The fraction of sp³-hybridized carbons (Fsp3) is 0.308. The number of amides is 1. The zero-order valence-electron chi connectivity index (χ0n) is 12.0. The van der Waals surface area contributed by atoms with Crippen LogP contribution in [0.3, 0.4) is 0 Å². The summed E-state index contributed by atoms with van der Waals surface area (Å²) >= 11 is 0. The first-order valence-corrected chi connectivity index (χ1v) is 5.76. The summed E-state index contributed by atoms with van der Waals surface area (Å²) in [5.74, 6) is -0.716. The highest BCUT2D eigenvalue weighted by atomic mass is 16.3. The van der Waals surface area contributed by atoms with Gasteiger partial charge >= 0.3 is 0 Å². The molecule has 1 amide bonds. The van der Waals surface area contributed by atoms with E-state index >= 15 is 0 Å². The van der Waals surface area contributed by atoms with Crippen LogP contribution < -0.4 is 10.6 Å². The van der Waals surface area contributed by atoms with Crippen molar-refractivity contribution in [2.75, 3.05) is 0 Å². The van der Waals surface area contributed by atoms with E-state index in [1.54, 1.807) is 6.08 Å². The molecule has 0 saturated carbocycles. The minimum atomic E-state index is -0.485. The quantitative estimate of drug-likeness (QED) is 0.623. The molecular weight excluding hydrogens is 244 g/mol. The van der Waals surface area contributed by atoms with Crippen LogP contribution in [-0.2, 0) is 4.79 Å². The molecule has 19 heavy (non-hydrogen) atoms. The molecule has 0 bridgehead atoms. The molecule has 0 spiro atoms. The van der Waals surface area contributed by atoms with E-state index in [2.05, 4.69) is 20.6 Å². The van der Waals surface area contributed by atoms with Gasteiger partial charge in [-0.15, -0.1) is 0 Å². The standard InChI is InChI=1S/C13H16N4O2/c1-7-11(18)17-9(12(19)16-7)5-8-10(13(2,3)4)15-6-14-8/h5-6,16,19H,1H2,2-4H3,(H,17,18)/i1D. The first-order chi connectivity index (χ1) is 9.32. The Morgan fingerprint density at radius 2 is 2.21 bits per heavy atom. The summed E-state index contributed by atoms with van der Waals surface area (Å²) in [6.45, 7) is 6.84. The molecule has 0 radical (unpaired) electrons. The van der Waals surface area contributed by atoms with Crippen LogP contribution in [0.25, 0.3) is 0 Å². The number of rotatable bonds is 1. The third-order valence-electron chi connectivity index (χ3n) is 2.62. The number of carbonyl (C=O) groups is 1. The SMILES string of the molecule is [2H]C=C1NC(O)=C(C=C2N=CN=C2C(C)(C)C)NC1=O. The molecule has 0 fully saturated rings. The van der Waals surface area contributed by atoms with Gasteiger partial charge in [0, 0.05) is 5.41 Å². The lowest BCUT2D eigenvalue weighted by molar-refractivity contribution is -0.117. The lowest BCUT2D eigenvalue weighted by atomic mass is 9.88. The normalized spacial score (nSPS) is 24.5. The molecule has 2 heterocycles. The Bertz CT molecular complexity index is 606. The first-order valence-electron chi connectivity index (χ1n) is 6.33. The van der Waals surface area contributed by atoms with E-state index in [9.17, 15) is 9.90 Å². The molecular formula is C13H16N4O2. The molecule has 0 unspecified atom stereocenters. The number of aliphatic imine (C=N–C) groups is 2. The fourth-order valence-corrected chi connectivity index (χ4v) is 1.70. The van der Waals surface area contributed by atoms with Crippen LogP contribution in [0.1, 0.15) is 22.1 Å². The summed E-state index contributed by atoms with van der Waals surface area (Å²) in [6.07, 6.45) is 2.99. The minimum Gasteiger partial charge on any atom is -0.493 e. The third kappa shape index (κ3) is 2.57. The number of hydrogen-bond acceptors (Lipinski definition) is 5. The predicted octanol–water partition coefficient (Wildman–Crippen LogP) is 1.36. The number of nitrogens with one attached hydrogen (secondary N) is 2. The van der Waals surface area contributed by atoms with Crippen molar-refractivity contribution in [3.8, 4) is 0 Å². The molecule has 2 aliphatic heterocycles. The molecule has 0 atom stereocenters. The summed E-state index contributed by atoms with van der Waals surface area (Å²) < 4.78 is 7.04. The largest absolute Gasteiger partial charge is 0.493 e. The topological polar surface area (TPSA) is 86.1 Å². The lowest BCUT2D eigenvalue weighted by Gasteiger charge is -2.21. The lowest BCUT2D eigenvalue weighted by Crippen LogP contribution is -2.38. The summed E-state index contributed by atoms with van der Waals surface area (Å²) in [4.78, 5) is 20.0. The molecule has 100 valence electrons. The third-order valence-corrected chi connectivity index (χ3v) is 2.62. The molecule has 0 aromatic rings. The number of allylic oxidation sites excluding steroid dienone is 2. The maximum atomic E-state index is 11.6. The Balaban J connectivity index is 2.34. The van der Waals surface area contributed by atoms with Crippen molar-refractivity contribution in [3.05, 3.63) is 35.6 Å². The number of carbonyl (C=O) groups excluding carboxylic acids is 1. The highest BCUT2D eigenvalue weighted by molar-refractivity contribution is 6.11. The molecule has 0 aromatic carbocycles. The Morgan fingerprint density at radius 1 is 1.47 bits per heavy atom. The van der Waals surface area contributed by atoms with Crippen LogP contribution in [0, 0.1) is 5.41 Å². The second-order valence-electron chi connectivity index (χ2n) is 5.26. The van der Waals surface area contributed by atoms with Crippen LogP contribution in [0.5, 0.6) is 0 Å². The molecule has 0 aromatic heterocycles. The second-order valence-corrected chi connectivity index (χ2v) is 5.26. The van der Waals surface area contributed by atoms with E-state index in [1.165, 1.54) is 6.34 Å². The predicted molar refractivity (Wildman–Crippen MR) is 73.5 cm³/mol. The molecule has 0 saturated heterocycles. The van der Waals surface area contributed by atoms with Gasteiger partial charge in [-0.05, 0) is 6.08 Å². The van der Waals surface area contributed by atoms with Gasteiger partial charge in [0.25, 0.3) is 5.91 Å². The van der Waals surface area contributed by atoms with E-state index in [-0.39, 0.29) is 22.7 Å². The summed E-state index contributed by atoms with van der Waals surface area (Å²) in [6, 6.07) is 0. The number of aliphatic hydroxyl groups is 1. The first kappa shape index (κ1) is 11.7. The summed E-state index contributed by atoms with van der Waals surface area (Å²) in [5.41, 5.74) is 1.33. The number of aliphatic hydroxyl groups excluding tert-OH is 1. The van der Waals surface area contributed by atoms with Crippen molar-refractivity contribution in [3.63, 3.8) is 0 Å². The van der Waals surface area contributed by atoms with Crippen LogP contribution in [0.4, 0.5) is 0 Å². The van der Waals surface area contributed by atoms with Gasteiger partial charge in [-0.1, -0.05) is 27.3 Å². The minimum absolute atomic E-state index is 0.0238. The van der Waals surface area contributed by atoms with Crippen molar-refractivity contribution >= 4 is 18.0 Å². The van der Waals surface area contributed by atoms with Crippen LogP contribution in [0.15, 0.2) is 45.6 Å². The molecule has 2 rings (SSSR count). The van der Waals surface area contributed by atoms with E-state index in [0.717, 1.165) is 12.3 Å². The van der Waals surface area contributed by atoms with Crippen LogP contribution in [0.2, 0.25) is 0 Å². The van der Waals surface area contributed by atoms with Gasteiger partial charge in [-0.25, -0.2) is 9.98 Å². The Morgan fingerprint density at radius 3 is 2.84 bits per heavy atom. The van der Waals surface area contributed by atoms with Gasteiger partial charge in [0.1, 0.15) is 12.0 Å². The zero-order valence-corrected chi connectivity index (χ0v) is 11.0. The van der Waals surface area contributed by atoms with Gasteiger partial charge in [-0.2, -0.15) is 0 Å². The Kier molecular flexibility index (Phi) is 2.70. The zero-order chi connectivity index (χ0) is 14.9. The molecule has 0 aliphatic carbocycles. The maximum absolute atomic E-state index is 11.6. The van der Waals surface area contributed by atoms with Crippen LogP contribution in [-0.4, -0.2) is 23.1 Å².